The molecule has 7 nitrogen and oxygen atoms in total. The molecule has 0 aromatic heterocycles. The highest BCUT2D eigenvalue weighted by molar-refractivity contribution is 9.10. The number of nitrogens with zero attached hydrogens (tertiary/aromatic N) is 2. The number of benzene rings is 1. The minimum absolute atomic E-state index is 0.166. The van der Waals surface area contributed by atoms with Gasteiger partial charge in [-0.25, -0.2) is 0 Å². The molecule has 0 radical (unpaired) electrons. The Morgan fingerprint density at radius 2 is 1.62 bits per heavy atom. The quantitative estimate of drug-likeness (QED) is 0.537. The molecule has 2 rings (SSSR count). The van der Waals surface area contributed by atoms with Crippen LogP contribution in [-0.2, 0) is 9.59 Å². The number of rotatable bonds is 1. The van der Waals surface area contributed by atoms with Crippen LogP contribution in [0.25, 0.3) is 0 Å². The van der Waals surface area contributed by atoms with E-state index in [2.05, 4.69) is 15.9 Å². The number of carbonyl (C=O) groups is 3. The Labute approximate surface area is 130 Å². The molecule has 1 heterocycles. The number of carbonyl (C=O) groups excluding carboxylic acids is 3. The van der Waals surface area contributed by atoms with E-state index >= 15 is 0 Å². The maximum absolute atomic E-state index is 12.4. The molecule has 0 bridgehead atoms. The van der Waals surface area contributed by atoms with E-state index in [9.17, 15) is 14.4 Å². The van der Waals surface area contributed by atoms with Crippen LogP contribution in [0.1, 0.15) is 10.4 Å². The number of piperazine rings is 1. The fourth-order valence-corrected chi connectivity index (χ4v) is 2.56. The predicted octanol–water partition coefficient (Wildman–Crippen LogP) is -0.199. The zero-order chi connectivity index (χ0) is 15.6. The fraction of sp³-hybridized carbons (Fsp3) is 0.308. The van der Waals surface area contributed by atoms with Crippen LogP contribution in [0.3, 0.4) is 0 Å². The summed E-state index contributed by atoms with van der Waals surface area (Å²) in [6.45, 7) is 1.26. The van der Waals surface area contributed by atoms with E-state index in [1.807, 2.05) is 0 Å². The third-order valence-electron chi connectivity index (χ3n) is 3.29. The molecule has 1 aromatic carbocycles. The highest BCUT2D eigenvalue weighted by Gasteiger charge is 2.27. The van der Waals surface area contributed by atoms with E-state index < -0.39 is 11.8 Å². The van der Waals surface area contributed by atoms with Crippen molar-refractivity contribution in [3.8, 4) is 0 Å². The van der Waals surface area contributed by atoms with E-state index in [-0.39, 0.29) is 19.0 Å². The molecular weight excluding hydrogens is 340 g/mol. The first-order chi connectivity index (χ1) is 9.90. The van der Waals surface area contributed by atoms with Gasteiger partial charge in [0, 0.05) is 36.3 Å². The van der Waals surface area contributed by atoms with Gasteiger partial charge < -0.3 is 21.3 Å². The van der Waals surface area contributed by atoms with E-state index in [0.717, 1.165) is 0 Å². The molecule has 1 aromatic rings. The molecule has 1 fully saturated rings. The van der Waals surface area contributed by atoms with Crippen molar-refractivity contribution < 1.29 is 14.4 Å². The minimum Gasteiger partial charge on any atom is -0.399 e. The van der Waals surface area contributed by atoms with Crippen molar-refractivity contribution >= 4 is 39.3 Å². The van der Waals surface area contributed by atoms with Gasteiger partial charge in [0.05, 0.1) is 5.56 Å². The average Bonchev–Trinajstić information content (AvgIpc) is 2.48. The molecule has 8 heteroatoms. The lowest BCUT2D eigenvalue weighted by atomic mass is 10.1. The van der Waals surface area contributed by atoms with Crippen LogP contribution in [0.15, 0.2) is 22.7 Å². The molecule has 1 aliphatic heterocycles. The van der Waals surface area contributed by atoms with Gasteiger partial charge in [-0.15, -0.1) is 0 Å². The maximum atomic E-state index is 12.4. The average molecular weight is 355 g/mol. The Hall–Kier alpha value is -2.09. The van der Waals surface area contributed by atoms with Gasteiger partial charge in [0.2, 0.25) is 0 Å². The van der Waals surface area contributed by atoms with Gasteiger partial charge in [0.15, 0.2) is 0 Å². The second-order valence-electron chi connectivity index (χ2n) is 4.69. The highest BCUT2D eigenvalue weighted by atomic mass is 79.9. The summed E-state index contributed by atoms with van der Waals surface area (Å²) in [7, 11) is 0. The summed E-state index contributed by atoms with van der Waals surface area (Å²) in [5.41, 5.74) is 11.6. The number of primary amides is 1. The van der Waals surface area contributed by atoms with Gasteiger partial charge in [0.25, 0.3) is 5.91 Å². The highest BCUT2D eigenvalue weighted by Crippen LogP contribution is 2.21. The van der Waals surface area contributed by atoms with E-state index in [1.165, 1.54) is 4.90 Å². The lowest BCUT2D eigenvalue weighted by Gasteiger charge is -2.34. The summed E-state index contributed by atoms with van der Waals surface area (Å²) in [6, 6.07) is 5.02. The first-order valence-corrected chi connectivity index (χ1v) is 7.12. The molecule has 112 valence electrons. The third kappa shape index (κ3) is 3.33. The summed E-state index contributed by atoms with van der Waals surface area (Å²) in [5.74, 6) is -1.86. The number of halogens is 1. The van der Waals surface area contributed by atoms with Gasteiger partial charge in [-0.2, -0.15) is 0 Å². The largest absolute Gasteiger partial charge is 0.399 e. The topological polar surface area (TPSA) is 110 Å². The first-order valence-electron chi connectivity index (χ1n) is 6.33. The lowest BCUT2D eigenvalue weighted by Crippen LogP contribution is -2.53. The number of nitrogen functional groups attached to an aromatic ring is 1. The predicted molar refractivity (Wildman–Crippen MR) is 80.2 cm³/mol. The molecule has 4 N–H and O–H groups in total. The Bertz CT molecular complexity index is 597. The Morgan fingerprint density at radius 3 is 2.19 bits per heavy atom. The number of amides is 3. The van der Waals surface area contributed by atoms with Gasteiger partial charge in [-0.1, -0.05) is 0 Å². The van der Waals surface area contributed by atoms with Crippen LogP contribution in [0, 0.1) is 0 Å². The molecule has 0 unspecified atom stereocenters. The first kappa shape index (κ1) is 15.3. The van der Waals surface area contributed by atoms with Crippen molar-refractivity contribution in [3.05, 3.63) is 28.2 Å². The summed E-state index contributed by atoms with van der Waals surface area (Å²) in [4.78, 5) is 37.7. The molecule has 0 spiro atoms. The van der Waals surface area contributed by atoms with Crippen LogP contribution in [0.4, 0.5) is 5.69 Å². The molecule has 1 aliphatic rings. The summed E-state index contributed by atoms with van der Waals surface area (Å²) in [5, 5.41) is 0. The van der Waals surface area contributed by atoms with Crippen molar-refractivity contribution in [1.82, 2.24) is 9.80 Å². The summed E-state index contributed by atoms with van der Waals surface area (Å²) < 4.78 is 0.664. The minimum atomic E-state index is -0.978. The van der Waals surface area contributed by atoms with Crippen molar-refractivity contribution in [1.29, 1.82) is 0 Å². The van der Waals surface area contributed by atoms with Gasteiger partial charge in [-0.05, 0) is 34.1 Å². The maximum Gasteiger partial charge on any atom is 0.311 e. The Morgan fingerprint density at radius 1 is 1.05 bits per heavy atom. The molecule has 0 atom stereocenters. The normalized spacial score (nSPS) is 14.9. The van der Waals surface area contributed by atoms with Crippen molar-refractivity contribution in [3.63, 3.8) is 0 Å². The number of hydrogen-bond acceptors (Lipinski definition) is 4. The van der Waals surface area contributed by atoms with Crippen LogP contribution in [-0.4, -0.2) is 53.7 Å². The molecule has 0 aliphatic carbocycles. The standard InChI is InChI=1S/C13H15BrN4O3/c14-10-2-1-8(15)7-9(10)12(20)17-3-5-18(6-4-17)13(21)11(16)19/h1-2,7H,3-6,15H2,(H2,16,19). The second kappa shape index (κ2) is 6.13. The van der Waals surface area contributed by atoms with Crippen LogP contribution in [0.5, 0.6) is 0 Å². The second-order valence-corrected chi connectivity index (χ2v) is 5.54. The molecule has 3 amide bonds. The lowest BCUT2D eigenvalue weighted by molar-refractivity contribution is -0.145. The van der Waals surface area contributed by atoms with Crippen LogP contribution >= 0.6 is 15.9 Å². The van der Waals surface area contributed by atoms with Crippen LogP contribution < -0.4 is 11.5 Å². The zero-order valence-corrected chi connectivity index (χ0v) is 12.8. The molecule has 1 saturated heterocycles. The molecular formula is C13H15BrN4O3. The summed E-state index contributed by atoms with van der Waals surface area (Å²) >= 11 is 3.32. The van der Waals surface area contributed by atoms with Gasteiger partial charge in [0.1, 0.15) is 0 Å². The monoisotopic (exact) mass is 354 g/mol. The third-order valence-corrected chi connectivity index (χ3v) is 3.98. The van der Waals surface area contributed by atoms with Crippen molar-refractivity contribution in [2.75, 3.05) is 31.9 Å². The fourth-order valence-electron chi connectivity index (χ4n) is 2.15. The number of nitrogens with two attached hydrogens (primary N) is 2. The van der Waals surface area contributed by atoms with Gasteiger partial charge in [-0.3, -0.25) is 14.4 Å². The summed E-state index contributed by atoms with van der Waals surface area (Å²) in [6.07, 6.45) is 0. The van der Waals surface area contributed by atoms with E-state index in [1.54, 1.807) is 23.1 Å². The van der Waals surface area contributed by atoms with Crippen molar-refractivity contribution in [2.45, 2.75) is 0 Å². The molecule has 21 heavy (non-hydrogen) atoms. The Kier molecular flexibility index (Phi) is 4.46. The smallest absolute Gasteiger partial charge is 0.311 e. The van der Waals surface area contributed by atoms with Crippen LogP contribution in [0.2, 0.25) is 0 Å². The van der Waals surface area contributed by atoms with Crippen molar-refractivity contribution in [2.24, 2.45) is 5.73 Å². The number of hydrogen-bond donors (Lipinski definition) is 2. The Balaban J connectivity index is 2.05. The van der Waals surface area contributed by atoms with E-state index in [0.29, 0.717) is 28.8 Å². The molecule has 0 saturated carbocycles. The van der Waals surface area contributed by atoms with E-state index in [4.69, 9.17) is 11.5 Å². The SMILES string of the molecule is NC(=O)C(=O)N1CCN(C(=O)c2cc(N)ccc2Br)CC1. The zero-order valence-electron chi connectivity index (χ0n) is 11.2. The van der Waals surface area contributed by atoms with Gasteiger partial charge >= 0.3 is 11.8 Å². The number of anilines is 1.